The van der Waals surface area contributed by atoms with E-state index in [2.05, 4.69) is 53.7 Å². The molecule has 0 spiro atoms. The van der Waals surface area contributed by atoms with Gasteiger partial charge in [0.15, 0.2) is 24.8 Å². The second-order valence-electron chi connectivity index (χ2n) is 35.5. The molecule has 706 valence electrons. The van der Waals surface area contributed by atoms with Gasteiger partial charge in [-0.3, -0.25) is 28.2 Å². The molecule has 10 N–H and O–H groups in total. The van der Waals surface area contributed by atoms with Gasteiger partial charge < -0.3 is 88.7 Å². The van der Waals surface area contributed by atoms with Crippen LogP contribution in [0.1, 0.15) is 420 Å². The fourth-order valence-electron chi connectivity index (χ4n) is 16.4. The first-order chi connectivity index (χ1) is 58.0. The lowest BCUT2D eigenvalue weighted by atomic mass is 9.84. The molecule has 26 heteroatoms. The summed E-state index contributed by atoms with van der Waals surface area (Å²) in [6.07, 6.45) is 27.8. The second kappa shape index (κ2) is 71.2. The van der Waals surface area contributed by atoms with Crippen molar-refractivity contribution in [2.24, 2.45) is 11.8 Å². The van der Waals surface area contributed by atoms with Crippen molar-refractivity contribution in [2.75, 3.05) is 26.4 Å². The molecule has 0 radical (unpaired) electrons. The first kappa shape index (κ1) is 111. The van der Waals surface area contributed by atoms with E-state index in [1.165, 1.54) is 193 Å². The van der Waals surface area contributed by atoms with Crippen LogP contribution in [0.2, 0.25) is 0 Å². The van der Waals surface area contributed by atoms with Gasteiger partial charge in [-0.1, -0.05) is 355 Å². The van der Waals surface area contributed by atoms with Crippen LogP contribution in [0, 0.1) is 11.8 Å². The Balaban J connectivity index is 1.92. The Morgan fingerprint density at radius 3 is 1.08 bits per heavy atom. The fraction of sp³-hybridized carbons (Fsp3) is 0.936. The summed E-state index contributed by atoms with van der Waals surface area (Å²) in [7, 11) is -5.81. The zero-order valence-electron chi connectivity index (χ0n) is 75.7. The van der Waals surface area contributed by atoms with Gasteiger partial charge in [0.2, 0.25) is 0 Å². The smallest absolute Gasteiger partial charge is 0.463 e. The van der Waals surface area contributed by atoms with Crippen molar-refractivity contribution >= 4 is 31.7 Å². The van der Waals surface area contributed by atoms with Gasteiger partial charge in [0, 0.05) is 25.7 Å². The van der Waals surface area contributed by atoms with Crippen LogP contribution in [0.25, 0.3) is 0 Å². The monoisotopic (exact) mass is 1740 g/mol. The maximum absolute atomic E-state index is 14.9. The van der Waals surface area contributed by atoms with Crippen LogP contribution in [0.4, 0.5) is 0 Å². The van der Waals surface area contributed by atoms with E-state index in [-0.39, 0.29) is 25.7 Å². The number of rotatable bonds is 78. The molecule has 0 aromatic rings. The van der Waals surface area contributed by atoms with Gasteiger partial charge in [-0.15, -0.1) is 0 Å². The van der Waals surface area contributed by atoms with Crippen molar-refractivity contribution in [1.82, 2.24) is 0 Å². The van der Waals surface area contributed by atoms with E-state index < -0.39 is 162 Å². The molecule has 1 aliphatic carbocycles. The number of hydrogen-bond acceptors (Lipinski definition) is 24. The number of ether oxygens (including phenoxy) is 8. The molecular weight excluding hydrogens is 1560 g/mol. The summed E-state index contributed by atoms with van der Waals surface area (Å²) in [5, 5.41) is 103. The Morgan fingerprint density at radius 2 is 0.675 bits per heavy atom. The van der Waals surface area contributed by atoms with Crippen LogP contribution < -0.4 is 0 Å². The van der Waals surface area contributed by atoms with E-state index in [0.29, 0.717) is 50.4 Å². The largest absolute Gasteiger partial charge is 0.472 e. The molecule has 2 heterocycles. The van der Waals surface area contributed by atoms with Crippen LogP contribution >= 0.6 is 7.82 Å². The third kappa shape index (κ3) is 51.3. The van der Waals surface area contributed by atoms with Gasteiger partial charge in [-0.2, -0.15) is 0 Å². The number of aliphatic hydroxyl groups excluding tert-OH is 9. The Bertz CT molecular complexity index is 2570. The number of carbonyl (C=O) groups excluding carboxylic acids is 4. The van der Waals surface area contributed by atoms with Gasteiger partial charge in [0.25, 0.3) is 0 Å². The van der Waals surface area contributed by atoms with Crippen molar-refractivity contribution in [2.45, 2.75) is 525 Å². The first-order valence-corrected chi connectivity index (χ1v) is 50.2. The minimum absolute atomic E-state index is 0.0149. The van der Waals surface area contributed by atoms with Crippen LogP contribution in [-0.4, -0.2) is 205 Å². The summed E-state index contributed by atoms with van der Waals surface area (Å²) in [6.45, 7) is 10.2. The van der Waals surface area contributed by atoms with E-state index in [1.807, 2.05) is 0 Å². The molecule has 3 fully saturated rings. The molecule has 25 nitrogen and oxygen atoms in total. The van der Waals surface area contributed by atoms with Crippen molar-refractivity contribution in [3.05, 3.63) is 12.2 Å². The standard InChI is InChI=1S/C94H175O25P/c1-7-11-15-19-23-25-27-29-30-31-33-34-36-38-48-56-64-77(96)110-69-74(113-79(98)66-58-50-39-37-35-32-28-26-24-20-16-12-8-2)70-112-120(108,109)119-92-90(117-93-87(106)83(102)81(100)75(68-95)114-93)86(105)85(104)89(116-80(99)67-59-51-43-41-47-55-63-73(6)61-53-45-22-18-14-10-4)91(92)118-94-88(107)84(103)82(101)76(115-94)71-111-78(97)65-57-49-42-40-46-54-62-72(5)60-52-44-21-17-13-9-3/h32,35,72-76,81-95,100-107H,7-31,33-34,36-71H2,1-6H3,(H,108,109)/b35-32-. The molecule has 20 atom stereocenters. The summed E-state index contributed by atoms with van der Waals surface area (Å²) in [5.74, 6) is -1.66. The highest BCUT2D eigenvalue weighted by molar-refractivity contribution is 7.47. The number of phosphoric acid groups is 1. The third-order valence-corrected chi connectivity index (χ3v) is 25.3. The van der Waals surface area contributed by atoms with Gasteiger partial charge in [-0.25, -0.2) is 4.57 Å². The Kier molecular flexibility index (Phi) is 66.1. The molecule has 0 amide bonds. The molecule has 2 saturated heterocycles. The van der Waals surface area contributed by atoms with Gasteiger partial charge in [0.05, 0.1) is 13.2 Å². The topological polar surface area (TPSA) is 380 Å². The minimum atomic E-state index is -5.81. The Morgan fingerprint density at radius 1 is 0.350 bits per heavy atom. The lowest BCUT2D eigenvalue weighted by molar-refractivity contribution is -0.360. The van der Waals surface area contributed by atoms with E-state index in [4.69, 9.17) is 46.9 Å². The number of unbranched alkanes of at least 4 members (excludes halogenated alkanes) is 44. The van der Waals surface area contributed by atoms with Crippen molar-refractivity contribution in [3.63, 3.8) is 0 Å². The van der Waals surface area contributed by atoms with E-state index in [0.717, 1.165) is 122 Å². The van der Waals surface area contributed by atoms with Crippen LogP contribution in [0.15, 0.2) is 12.2 Å². The third-order valence-electron chi connectivity index (χ3n) is 24.3. The summed E-state index contributed by atoms with van der Waals surface area (Å²) >= 11 is 0. The Hall–Kier alpha value is -2.79. The molecule has 3 aliphatic rings. The fourth-order valence-corrected chi connectivity index (χ4v) is 17.4. The number of hydrogen-bond donors (Lipinski definition) is 10. The number of aliphatic hydroxyl groups is 9. The van der Waals surface area contributed by atoms with Crippen LogP contribution in [0.3, 0.4) is 0 Å². The normalized spacial score (nSPS) is 25.3. The molecule has 0 bridgehead atoms. The SMILES string of the molecule is CCCCCCCC/C=C\CCCCCC(=O)OC(COC(=O)CCCCCCCCCCCCCCCCCC)COP(=O)(O)OC1C(OC2OC(CO)C(O)C(O)C2O)C(O)C(O)C(OC(=O)CCCCCCCCC(C)CCCCCCCC)C1OC1OC(COC(=O)CCCCCCCCC(C)CCCCCCCC)C(O)C(O)C1O. The zero-order chi connectivity index (χ0) is 87.8. The van der Waals surface area contributed by atoms with Crippen LogP contribution in [0.5, 0.6) is 0 Å². The first-order valence-electron chi connectivity index (χ1n) is 48.7. The summed E-state index contributed by atoms with van der Waals surface area (Å²) < 4.78 is 73.6. The predicted molar refractivity (Wildman–Crippen MR) is 467 cm³/mol. The van der Waals surface area contributed by atoms with Gasteiger partial charge in [-0.05, 0) is 63.2 Å². The van der Waals surface area contributed by atoms with Gasteiger partial charge >= 0.3 is 31.7 Å². The number of phosphoric ester groups is 1. The van der Waals surface area contributed by atoms with Crippen molar-refractivity contribution < 1.29 is 122 Å². The molecule has 0 aromatic heterocycles. The molecule has 3 rings (SSSR count). The molecule has 20 unspecified atom stereocenters. The maximum Gasteiger partial charge on any atom is 0.472 e. The second-order valence-corrected chi connectivity index (χ2v) is 36.9. The van der Waals surface area contributed by atoms with E-state index in [1.54, 1.807) is 0 Å². The lowest BCUT2D eigenvalue weighted by Gasteiger charge is -2.50. The average Bonchev–Trinajstić information content (AvgIpc) is 0.752. The van der Waals surface area contributed by atoms with Crippen molar-refractivity contribution in [3.8, 4) is 0 Å². The number of carbonyl (C=O) groups is 4. The van der Waals surface area contributed by atoms with Crippen molar-refractivity contribution in [1.29, 1.82) is 0 Å². The average molecular weight is 1740 g/mol. The number of allylic oxidation sites excluding steroid dienone is 2. The summed E-state index contributed by atoms with van der Waals surface area (Å²) in [5.41, 5.74) is 0. The molecule has 2 aliphatic heterocycles. The highest BCUT2D eigenvalue weighted by Gasteiger charge is 2.60. The highest BCUT2D eigenvalue weighted by atomic mass is 31.2. The van der Waals surface area contributed by atoms with E-state index >= 15 is 0 Å². The summed E-state index contributed by atoms with van der Waals surface area (Å²) in [4.78, 5) is 66.6. The zero-order valence-corrected chi connectivity index (χ0v) is 76.6. The molecular formula is C94H175O25P. The quantitative estimate of drug-likeness (QED) is 0.00889. The Labute approximate surface area is 724 Å². The maximum atomic E-state index is 14.9. The minimum Gasteiger partial charge on any atom is -0.463 e. The molecule has 120 heavy (non-hydrogen) atoms. The van der Waals surface area contributed by atoms with E-state index in [9.17, 15) is 74.6 Å². The lowest BCUT2D eigenvalue weighted by Crippen LogP contribution is -2.70. The molecule has 0 aromatic carbocycles. The molecule has 1 saturated carbocycles. The van der Waals surface area contributed by atoms with Gasteiger partial charge in [0.1, 0.15) is 92.6 Å². The van der Waals surface area contributed by atoms with Crippen LogP contribution in [-0.2, 0) is 70.7 Å². The summed E-state index contributed by atoms with van der Waals surface area (Å²) in [6, 6.07) is 0. The highest BCUT2D eigenvalue weighted by Crippen LogP contribution is 2.49. The number of esters is 4. The predicted octanol–water partition coefficient (Wildman–Crippen LogP) is 18.4.